The van der Waals surface area contributed by atoms with E-state index in [1.165, 1.54) is 12.8 Å². The lowest BCUT2D eigenvalue weighted by molar-refractivity contribution is -0.130. The van der Waals surface area contributed by atoms with Crippen molar-refractivity contribution in [1.29, 1.82) is 0 Å². The Morgan fingerprint density at radius 1 is 1.33 bits per heavy atom. The fraction of sp³-hybridized carbons (Fsp3) is 0.769. The Balaban J connectivity index is 2.85. The molecule has 0 saturated carbocycles. The molecule has 1 rings (SSSR count). The normalized spacial score (nSPS) is 17.7. The molecule has 1 heterocycles. The van der Waals surface area contributed by atoms with Crippen molar-refractivity contribution in [3.63, 3.8) is 0 Å². The summed E-state index contributed by atoms with van der Waals surface area (Å²) in [6.07, 6.45) is 9.71. The number of rotatable bonds is 5. The summed E-state index contributed by atoms with van der Waals surface area (Å²) in [6, 6.07) is 0. The fourth-order valence-electron chi connectivity index (χ4n) is 2.67. The highest BCUT2D eigenvalue weighted by Gasteiger charge is 2.40. The zero-order valence-electron chi connectivity index (χ0n) is 9.88. The molecule has 1 fully saturated rings. The molecule has 0 amide bonds. The van der Waals surface area contributed by atoms with Crippen molar-refractivity contribution in [2.45, 2.75) is 51.5 Å². The summed E-state index contributed by atoms with van der Waals surface area (Å²) in [5, 5.41) is 0. The predicted molar refractivity (Wildman–Crippen MR) is 62.6 cm³/mol. The van der Waals surface area contributed by atoms with Crippen LogP contribution in [0, 0.1) is 12.3 Å². The van der Waals surface area contributed by atoms with Gasteiger partial charge in [0.25, 0.3) is 0 Å². The molecule has 0 bridgehead atoms. The minimum atomic E-state index is -0.275. The third-order valence-corrected chi connectivity index (χ3v) is 3.66. The molecule has 2 nitrogen and oxygen atoms in total. The molecule has 0 aromatic heterocycles. The lowest BCUT2D eigenvalue weighted by Gasteiger charge is -2.39. The summed E-state index contributed by atoms with van der Waals surface area (Å²) in [4.78, 5) is 14.5. The lowest BCUT2D eigenvalue weighted by atomic mass is 9.84. The van der Waals surface area contributed by atoms with Crippen LogP contribution in [0.2, 0.25) is 0 Å². The molecule has 15 heavy (non-hydrogen) atoms. The second-order valence-electron chi connectivity index (χ2n) is 4.24. The molecule has 0 spiro atoms. The van der Waals surface area contributed by atoms with E-state index in [0.29, 0.717) is 0 Å². The molecule has 84 valence electrons. The molecule has 0 aliphatic carbocycles. The Hall–Kier alpha value is -0.810. The van der Waals surface area contributed by atoms with E-state index in [1.807, 2.05) is 0 Å². The van der Waals surface area contributed by atoms with Gasteiger partial charge in [0.05, 0.1) is 12.0 Å². The van der Waals surface area contributed by atoms with Crippen LogP contribution >= 0.6 is 0 Å². The predicted octanol–water partition coefficient (Wildman–Crippen LogP) is 2.23. The first kappa shape index (κ1) is 12.3. The third kappa shape index (κ3) is 2.23. The Bertz CT molecular complexity index is 254. The Morgan fingerprint density at radius 2 is 1.87 bits per heavy atom. The highest BCUT2D eigenvalue weighted by atomic mass is 16.1. The van der Waals surface area contributed by atoms with Gasteiger partial charge in [-0.2, -0.15) is 0 Å². The Kier molecular flexibility index (Phi) is 4.35. The van der Waals surface area contributed by atoms with Gasteiger partial charge in [-0.05, 0) is 38.8 Å². The number of carbonyl (C=O) groups is 1. The van der Waals surface area contributed by atoms with Gasteiger partial charge < -0.3 is 0 Å². The van der Waals surface area contributed by atoms with Crippen LogP contribution in [0.3, 0.4) is 0 Å². The van der Waals surface area contributed by atoms with Gasteiger partial charge in [-0.25, -0.2) is 0 Å². The summed E-state index contributed by atoms with van der Waals surface area (Å²) in [6.45, 7) is 6.29. The van der Waals surface area contributed by atoms with Gasteiger partial charge in [-0.3, -0.25) is 9.69 Å². The van der Waals surface area contributed by atoms with Crippen LogP contribution in [0.15, 0.2) is 0 Å². The van der Waals surface area contributed by atoms with Crippen molar-refractivity contribution < 1.29 is 4.79 Å². The van der Waals surface area contributed by atoms with E-state index in [2.05, 4.69) is 24.7 Å². The van der Waals surface area contributed by atoms with E-state index >= 15 is 0 Å². The van der Waals surface area contributed by atoms with Crippen LogP contribution in [-0.4, -0.2) is 29.3 Å². The van der Waals surface area contributed by atoms with Crippen molar-refractivity contribution in [1.82, 2.24) is 4.90 Å². The minimum Gasteiger partial charge on any atom is -0.297 e. The van der Waals surface area contributed by atoms with Crippen molar-refractivity contribution in [3.8, 4) is 12.3 Å². The van der Waals surface area contributed by atoms with Crippen LogP contribution in [0.1, 0.15) is 46.0 Å². The molecule has 2 heteroatoms. The number of Topliss-reactive ketones (excluding diaryl/α,β-unsaturated/α-hetero) is 1. The number of carbonyl (C=O) groups excluding carboxylic acids is 1. The molecule has 0 aromatic rings. The largest absolute Gasteiger partial charge is 0.297 e. The monoisotopic (exact) mass is 207 g/mol. The van der Waals surface area contributed by atoms with Crippen molar-refractivity contribution in [2.75, 3.05) is 13.1 Å². The molecule has 1 saturated heterocycles. The van der Waals surface area contributed by atoms with Crippen LogP contribution in [0.5, 0.6) is 0 Å². The molecular weight excluding hydrogens is 186 g/mol. The first-order valence-corrected chi connectivity index (χ1v) is 5.93. The minimum absolute atomic E-state index is 0.233. The molecule has 0 radical (unpaired) electrons. The van der Waals surface area contributed by atoms with Gasteiger partial charge in [0.2, 0.25) is 0 Å². The van der Waals surface area contributed by atoms with Crippen molar-refractivity contribution >= 4 is 5.78 Å². The van der Waals surface area contributed by atoms with E-state index < -0.39 is 0 Å². The van der Waals surface area contributed by atoms with Gasteiger partial charge in [0.1, 0.15) is 0 Å². The average molecular weight is 207 g/mol. The molecule has 0 aromatic carbocycles. The maximum Gasteiger partial charge on any atom is 0.164 e. The van der Waals surface area contributed by atoms with Gasteiger partial charge >= 0.3 is 0 Å². The summed E-state index contributed by atoms with van der Waals surface area (Å²) in [5.41, 5.74) is -0.275. The van der Waals surface area contributed by atoms with Gasteiger partial charge in [-0.1, -0.05) is 19.8 Å². The molecule has 1 aliphatic rings. The van der Waals surface area contributed by atoms with Gasteiger partial charge in [0, 0.05) is 0 Å². The van der Waals surface area contributed by atoms with Crippen LogP contribution in [-0.2, 0) is 4.79 Å². The molecule has 1 aliphatic heterocycles. The van der Waals surface area contributed by atoms with E-state index in [0.717, 1.165) is 25.9 Å². The van der Waals surface area contributed by atoms with Crippen LogP contribution in [0.25, 0.3) is 0 Å². The molecule has 0 atom stereocenters. The number of terminal acetylenes is 1. The summed E-state index contributed by atoms with van der Waals surface area (Å²) >= 11 is 0. The summed E-state index contributed by atoms with van der Waals surface area (Å²) < 4.78 is 0. The zero-order valence-corrected chi connectivity index (χ0v) is 9.88. The number of likely N-dealkylation sites (tertiary alicyclic amines) is 1. The Morgan fingerprint density at radius 3 is 2.27 bits per heavy atom. The number of ketones is 1. The Labute approximate surface area is 93.0 Å². The van der Waals surface area contributed by atoms with Crippen molar-refractivity contribution in [2.24, 2.45) is 0 Å². The fourth-order valence-corrected chi connectivity index (χ4v) is 2.67. The van der Waals surface area contributed by atoms with E-state index in [-0.39, 0.29) is 17.7 Å². The first-order valence-electron chi connectivity index (χ1n) is 5.93. The average Bonchev–Trinajstić information content (AvgIpc) is 2.75. The van der Waals surface area contributed by atoms with Crippen LogP contribution in [0.4, 0.5) is 0 Å². The van der Waals surface area contributed by atoms with Crippen molar-refractivity contribution in [3.05, 3.63) is 0 Å². The quantitative estimate of drug-likeness (QED) is 0.644. The second kappa shape index (κ2) is 5.32. The zero-order chi connectivity index (χ0) is 11.3. The highest BCUT2D eigenvalue weighted by Crippen LogP contribution is 2.29. The maximum atomic E-state index is 12.1. The van der Waals surface area contributed by atoms with Gasteiger partial charge in [0.15, 0.2) is 5.78 Å². The van der Waals surface area contributed by atoms with E-state index in [9.17, 15) is 4.79 Å². The number of nitrogens with zero attached hydrogens (tertiary/aromatic N) is 1. The second-order valence-corrected chi connectivity index (χ2v) is 4.24. The summed E-state index contributed by atoms with van der Waals surface area (Å²) in [5.74, 6) is 2.72. The number of hydrogen-bond donors (Lipinski definition) is 0. The third-order valence-electron chi connectivity index (χ3n) is 3.66. The molecule has 0 unspecified atom stereocenters. The smallest absolute Gasteiger partial charge is 0.164 e. The lowest BCUT2D eigenvalue weighted by Crippen LogP contribution is -2.52. The maximum absolute atomic E-state index is 12.1. The SMILES string of the molecule is C#CCC(=O)C(CC)(CC)N1CCCC1. The van der Waals surface area contributed by atoms with Gasteiger partial charge in [-0.15, -0.1) is 6.42 Å². The highest BCUT2D eigenvalue weighted by molar-refractivity contribution is 5.90. The molecule has 0 N–H and O–H groups in total. The molecular formula is C13H21NO. The number of hydrogen-bond acceptors (Lipinski definition) is 2. The van der Waals surface area contributed by atoms with Crippen LogP contribution < -0.4 is 0 Å². The topological polar surface area (TPSA) is 20.3 Å². The standard InChI is InChI=1S/C13H21NO/c1-4-9-12(15)13(5-2,6-3)14-10-7-8-11-14/h1H,5-11H2,2-3H3. The van der Waals surface area contributed by atoms with E-state index in [4.69, 9.17) is 6.42 Å². The van der Waals surface area contributed by atoms with E-state index in [1.54, 1.807) is 0 Å². The first-order chi connectivity index (χ1) is 7.21. The summed E-state index contributed by atoms with van der Waals surface area (Å²) in [7, 11) is 0.